The highest BCUT2D eigenvalue weighted by atomic mass is 19.1. The molecule has 1 aromatic carbocycles. The number of esters is 1. The first-order valence-corrected chi connectivity index (χ1v) is 5.79. The Morgan fingerprint density at radius 3 is 2.88 bits per heavy atom. The molecule has 0 amide bonds. The van der Waals surface area contributed by atoms with E-state index < -0.39 is 0 Å². The zero-order valence-electron chi connectivity index (χ0n) is 10.0. The Morgan fingerprint density at radius 2 is 2.18 bits per heavy atom. The number of fused-ring (bicyclic) bond motifs is 1. The summed E-state index contributed by atoms with van der Waals surface area (Å²) >= 11 is 0. The summed E-state index contributed by atoms with van der Waals surface area (Å²) in [4.78, 5) is 11.7. The fraction of sp³-hybridized carbons (Fsp3) is 0.357. The third-order valence-corrected chi connectivity index (χ3v) is 3.07. The maximum Gasteiger partial charge on any atom is 0.333 e. The van der Waals surface area contributed by atoms with Gasteiger partial charge in [-0.25, -0.2) is 9.18 Å². The third-order valence-electron chi connectivity index (χ3n) is 3.07. The molecule has 1 aromatic rings. The molecule has 90 valence electrons. The second kappa shape index (κ2) is 4.70. The smallest absolute Gasteiger partial charge is 0.333 e. The van der Waals surface area contributed by atoms with Crippen molar-refractivity contribution >= 4 is 11.5 Å². The van der Waals surface area contributed by atoms with Crippen LogP contribution in [0.3, 0.4) is 0 Å². The van der Waals surface area contributed by atoms with Crippen LogP contribution in [0.4, 0.5) is 4.39 Å². The third kappa shape index (κ3) is 2.23. The van der Waals surface area contributed by atoms with Crippen molar-refractivity contribution in [3.05, 3.63) is 40.7 Å². The summed E-state index contributed by atoms with van der Waals surface area (Å²) in [5.74, 6) is -0.501. The van der Waals surface area contributed by atoms with E-state index in [0.29, 0.717) is 12.2 Å². The molecule has 0 unspecified atom stereocenters. The normalized spacial score (nSPS) is 16.6. The van der Waals surface area contributed by atoms with Crippen molar-refractivity contribution in [2.24, 2.45) is 0 Å². The fourth-order valence-electron chi connectivity index (χ4n) is 2.21. The first-order chi connectivity index (χ1) is 8.13. The number of allylic oxidation sites excluding steroid dienone is 1. The highest BCUT2D eigenvalue weighted by molar-refractivity contribution is 5.98. The van der Waals surface area contributed by atoms with Crippen LogP contribution in [0.2, 0.25) is 0 Å². The second-order valence-electron chi connectivity index (χ2n) is 4.13. The Kier molecular flexibility index (Phi) is 3.27. The fourth-order valence-corrected chi connectivity index (χ4v) is 2.21. The van der Waals surface area contributed by atoms with Crippen molar-refractivity contribution in [2.75, 3.05) is 6.61 Å². The topological polar surface area (TPSA) is 26.3 Å². The lowest BCUT2D eigenvalue weighted by molar-refractivity contribution is -0.138. The number of hydrogen-bond acceptors (Lipinski definition) is 2. The molecule has 0 fully saturated rings. The molecular formula is C14H15FO2. The van der Waals surface area contributed by atoms with E-state index in [1.807, 2.05) is 0 Å². The molecule has 0 saturated heterocycles. The van der Waals surface area contributed by atoms with Crippen molar-refractivity contribution < 1.29 is 13.9 Å². The van der Waals surface area contributed by atoms with Gasteiger partial charge in [0.25, 0.3) is 0 Å². The molecule has 0 spiro atoms. The molecule has 0 saturated carbocycles. The van der Waals surface area contributed by atoms with Gasteiger partial charge in [0.15, 0.2) is 0 Å². The summed E-state index contributed by atoms with van der Waals surface area (Å²) in [5, 5.41) is 0. The first-order valence-electron chi connectivity index (χ1n) is 5.79. The van der Waals surface area contributed by atoms with Gasteiger partial charge in [0.05, 0.1) is 6.61 Å². The van der Waals surface area contributed by atoms with Crippen LogP contribution in [-0.4, -0.2) is 12.6 Å². The van der Waals surface area contributed by atoms with Crippen molar-refractivity contribution in [1.29, 1.82) is 0 Å². The average molecular weight is 234 g/mol. The molecule has 0 bridgehead atoms. The highest BCUT2D eigenvalue weighted by Gasteiger charge is 2.21. The molecule has 0 heterocycles. The Hall–Kier alpha value is -1.64. The van der Waals surface area contributed by atoms with E-state index in [2.05, 4.69) is 0 Å². The van der Waals surface area contributed by atoms with Gasteiger partial charge < -0.3 is 4.74 Å². The van der Waals surface area contributed by atoms with Crippen LogP contribution in [0, 0.1) is 5.82 Å². The number of hydrogen-bond donors (Lipinski definition) is 0. The van der Waals surface area contributed by atoms with Crippen LogP contribution in [0.15, 0.2) is 23.8 Å². The van der Waals surface area contributed by atoms with Gasteiger partial charge in [-0.2, -0.15) is 0 Å². The number of halogens is 1. The summed E-state index contributed by atoms with van der Waals surface area (Å²) < 4.78 is 18.0. The molecule has 1 aliphatic rings. The molecule has 0 radical (unpaired) electrons. The molecule has 1 aliphatic carbocycles. The minimum atomic E-state index is -0.278. The molecule has 0 atom stereocenters. The molecule has 0 aliphatic heterocycles. The minimum Gasteiger partial charge on any atom is -0.463 e. The van der Waals surface area contributed by atoms with E-state index in [1.54, 1.807) is 26.0 Å². The van der Waals surface area contributed by atoms with E-state index in [1.165, 1.54) is 6.07 Å². The van der Waals surface area contributed by atoms with Gasteiger partial charge in [0.2, 0.25) is 0 Å². The van der Waals surface area contributed by atoms with Gasteiger partial charge in [-0.1, -0.05) is 6.07 Å². The lowest BCUT2D eigenvalue weighted by Gasteiger charge is -2.07. The van der Waals surface area contributed by atoms with Crippen LogP contribution in [0.5, 0.6) is 0 Å². The molecule has 0 N–H and O–H groups in total. The Morgan fingerprint density at radius 1 is 1.41 bits per heavy atom. The zero-order chi connectivity index (χ0) is 12.4. The molecule has 2 rings (SSSR count). The van der Waals surface area contributed by atoms with Crippen molar-refractivity contribution in [3.63, 3.8) is 0 Å². The van der Waals surface area contributed by atoms with Crippen LogP contribution < -0.4 is 0 Å². The maximum atomic E-state index is 13.1. The van der Waals surface area contributed by atoms with Gasteiger partial charge in [-0.3, -0.25) is 0 Å². The quantitative estimate of drug-likeness (QED) is 0.580. The van der Waals surface area contributed by atoms with Gasteiger partial charge in [-0.05, 0) is 55.5 Å². The molecule has 0 aromatic heterocycles. The highest BCUT2D eigenvalue weighted by Crippen LogP contribution is 2.35. The average Bonchev–Trinajstić information content (AvgIpc) is 2.71. The van der Waals surface area contributed by atoms with Crippen LogP contribution >= 0.6 is 0 Å². The van der Waals surface area contributed by atoms with Gasteiger partial charge in [-0.15, -0.1) is 0 Å². The Bertz CT molecular complexity index is 489. The summed E-state index contributed by atoms with van der Waals surface area (Å²) in [5.41, 5.74) is 3.58. The van der Waals surface area contributed by atoms with Gasteiger partial charge in [0.1, 0.15) is 5.82 Å². The first kappa shape index (κ1) is 11.8. The summed E-state index contributed by atoms with van der Waals surface area (Å²) in [6.07, 6.45) is 1.57. The lowest BCUT2D eigenvalue weighted by atomic mass is 10.0. The molecular weight excluding hydrogens is 219 g/mol. The van der Waals surface area contributed by atoms with Crippen LogP contribution in [0.1, 0.15) is 31.4 Å². The maximum absolute atomic E-state index is 13.1. The van der Waals surface area contributed by atoms with Crippen LogP contribution in [0.25, 0.3) is 5.57 Å². The predicted octanol–water partition coefficient (Wildman–Crippen LogP) is 3.11. The molecule has 17 heavy (non-hydrogen) atoms. The lowest BCUT2D eigenvalue weighted by Crippen LogP contribution is -2.06. The van der Waals surface area contributed by atoms with Crippen molar-refractivity contribution in [2.45, 2.75) is 26.7 Å². The van der Waals surface area contributed by atoms with E-state index in [-0.39, 0.29) is 11.8 Å². The second-order valence-corrected chi connectivity index (χ2v) is 4.13. The van der Waals surface area contributed by atoms with E-state index in [0.717, 1.165) is 29.5 Å². The monoisotopic (exact) mass is 234 g/mol. The van der Waals surface area contributed by atoms with Crippen molar-refractivity contribution in [1.82, 2.24) is 0 Å². The predicted molar refractivity (Wildman–Crippen MR) is 63.9 cm³/mol. The number of rotatable bonds is 2. The van der Waals surface area contributed by atoms with Crippen LogP contribution in [-0.2, 0) is 16.0 Å². The van der Waals surface area contributed by atoms with E-state index in [9.17, 15) is 9.18 Å². The Balaban J connectivity index is 2.38. The van der Waals surface area contributed by atoms with E-state index in [4.69, 9.17) is 4.74 Å². The van der Waals surface area contributed by atoms with Gasteiger partial charge >= 0.3 is 5.97 Å². The number of carbonyl (C=O) groups is 1. The molecule has 2 nitrogen and oxygen atoms in total. The van der Waals surface area contributed by atoms with E-state index >= 15 is 0 Å². The number of aryl methyl sites for hydroxylation is 1. The number of carbonyl (C=O) groups excluding carboxylic acids is 1. The minimum absolute atomic E-state index is 0.223. The molecule has 3 heteroatoms. The summed E-state index contributed by atoms with van der Waals surface area (Å²) in [7, 11) is 0. The summed E-state index contributed by atoms with van der Waals surface area (Å²) in [6.45, 7) is 3.93. The van der Waals surface area contributed by atoms with Crippen molar-refractivity contribution in [3.8, 4) is 0 Å². The number of ether oxygens (including phenoxy) is 1. The Labute approximate surface area is 100 Å². The number of benzene rings is 1. The standard InChI is InChI=1S/C14H15FO2/c1-3-17-14(16)9(2)12-6-4-10-8-11(15)5-7-13(10)12/h5,7-8H,3-4,6H2,1-2H3/b12-9-. The summed E-state index contributed by atoms with van der Waals surface area (Å²) in [6, 6.07) is 4.72. The van der Waals surface area contributed by atoms with Gasteiger partial charge in [0, 0.05) is 5.57 Å². The zero-order valence-corrected chi connectivity index (χ0v) is 10.0. The largest absolute Gasteiger partial charge is 0.463 e. The SMILES string of the molecule is CCOC(=O)/C(C)=C1/CCc2cc(F)ccc21.